The van der Waals surface area contributed by atoms with E-state index in [1.165, 1.54) is 19.1 Å². The molecule has 0 fully saturated rings. The van der Waals surface area contributed by atoms with Crippen LogP contribution in [0.2, 0.25) is 0 Å². The maximum Gasteiger partial charge on any atom is 0.340 e. The van der Waals surface area contributed by atoms with Gasteiger partial charge in [0, 0.05) is 6.92 Å². The van der Waals surface area contributed by atoms with Crippen LogP contribution in [-0.4, -0.2) is 53.3 Å². The molecule has 25 heavy (non-hydrogen) atoms. The first kappa shape index (κ1) is 21.9. The summed E-state index contributed by atoms with van der Waals surface area (Å²) in [7, 11) is 0. The number of carboxylic acid groups (broad SMARTS) is 1. The van der Waals surface area contributed by atoms with Crippen LogP contribution in [0.5, 0.6) is 5.75 Å². The van der Waals surface area contributed by atoms with E-state index in [-0.39, 0.29) is 24.5 Å². The highest BCUT2D eigenvalue weighted by molar-refractivity contribution is 6.02. The Morgan fingerprint density at radius 3 is 1.84 bits per heavy atom. The normalized spacial score (nSPS) is 9.44. The minimum atomic E-state index is -1.37. The number of aromatic hydroxyl groups is 1. The molecule has 0 radical (unpaired) electrons. The maximum atomic E-state index is 11.3. The lowest BCUT2D eigenvalue weighted by atomic mass is 10.2. The van der Waals surface area contributed by atoms with Crippen LogP contribution in [0.4, 0.5) is 0 Å². The molecule has 1 aromatic rings. The summed E-state index contributed by atoms with van der Waals surface area (Å²) in [5, 5.41) is 19.5. The number of esters is 2. The molecule has 1 aromatic carbocycles. The largest absolute Gasteiger partial charge is 0.507 e. The molecular formula is C16H21NO8. The van der Waals surface area contributed by atoms with Gasteiger partial charge in [0.2, 0.25) is 11.9 Å². The predicted octanol–water partition coefficient (Wildman–Crippen LogP) is 0.708. The predicted molar refractivity (Wildman–Crippen MR) is 85.9 cm³/mol. The molecule has 0 unspecified atom stereocenters. The van der Waals surface area contributed by atoms with Crippen molar-refractivity contribution in [2.24, 2.45) is 0 Å². The van der Waals surface area contributed by atoms with Gasteiger partial charge in [0.15, 0.2) is 0 Å². The summed E-state index contributed by atoms with van der Waals surface area (Å²) in [5.74, 6) is -3.44. The van der Waals surface area contributed by atoms with Crippen LogP contribution in [0, 0.1) is 0 Å². The zero-order valence-corrected chi connectivity index (χ0v) is 14.1. The Bertz CT molecular complexity index is 596. The van der Waals surface area contributed by atoms with Crippen LogP contribution < -0.4 is 5.32 Å². The van der Waals surface area contributed by atoms with Gasteiger partial charge in [0.25, 0.3) is 0 Å². The quantitative estimate of drug-likeness (QED) is 0.501. The van der Waals surface area contributed by atoms with E-state index < -0.39 is 29.9 Å². The molecule has 0 saturated carbocycles. The number of para-hydroxylation sites is 1. The highest BCUT2D eigenvalue weighted by Crippen LogP contribution is 2.14. The number of carboxylic acids is 1. The number of hydrogen-bond donors (Lipinski definition) is 3. The standard InChI is InChI=1S/C9H15NO5.C7H6O3/c1-4-14-8(12)7(10-6(3)11)9(13)15-5-2;8-6-4-2-1-3-5(6)7(9)10/h7H,4-5H2,1-3H3,(H,10,11);1-4,8H,(H,9,10). The van der Waals surface area contributed by atoms with Gasteiger partial charge in [0.1, 0.15) is 11.3 Å². The molecule has 9 heteroatoms. The minimum absolute atomic E-state index is 0.0671. The summed E-state index contributed by atoms with van der Waals surface area (Å²) in [6.07, 6.45) is 0. The summed E-state index contributed by atoms with van der Waals surface area (Å²) in [6, 6.07) is 4.44. The number of carbonyl (C=O) groups excluding carboxylic acids is 3. The second-order valence-corrected chi connectivity index (χ2v) is 4.46. The van der Waals surface area contributed by atoms with Gasteiger partial charge in [-0.2, -0.15) is 0 Å². The fraction of sp³-hybridized carbons (Fsp3) is 0.375. The van der Waals surface area contributed by atoms with Gasteiger partial charge in [-0.05, 0) is 26.0 Å². The number of benzene rings is 1. The third-order valence-corrected chi connectivity index (χ3v) is 2.53. The Morgan fingerprint density at radius 1 is 1.04 bits per heavy atom. The third kappa shape index (κ3) is 8.35. The van der Waals surface area contributed by atoms with Crippen LogP contribution in [0.15, 0.2) is 24.3 Å². The van der Waals surface area contributed by atoms with Crippen LogP contribution in [0.25, 0.3) is 0 Å². The molecule has 0 aliphatic carbocycles. The second kappa shape index (κ2) is 11.4. The van der Waals surface area contributed by atoms with Crippen molar-refractivity contribution in [2.75, 3.05) is 13.2 Å². The molecule has 0 aliphatic heterocycles. The molecule has 1 amide bonds. The fourth-order valence-corrected chi connectivity index (χ4v) is 1.52. The van der Waals surface area contributed by atoms with E-state index >= 15 is 0 Å². The SMILES string of the molecule is CCOC(=O)C(NC(C)=O)C(=O)OCC.O=C(O)c1ccccc1O. The lowest BCUT2D eigenvalue weighted by molar-refractivity contribution is -0.159. The molecule has 0 aromatic heterocycles. The molecule has 138 valence electrons. The van der Waals surface area contributed by atoms with Crippen molar-refractivity contribution in [3.05, 3.63) is 29.8 Å². The summed E-state index contributed by atoms with van der Waals surface area (Å²) in [5.41, 5.74) is -0.0671. The van der Waals surface area contributed by atoms with Crippen molar-refractivity contribution in [3.8, 4) is 5.75 Å². The Kier molecular flexibility index (Phi) is 10.0. The second-order valence-electron chi connectivity index (χ2n) is 4.46. The molecule has 0 bridgehead atoms. The summed E-state index contributed by atoms with van der Waals surface area (Å²) in [4.78, 5) is 43.5. The smallest absolute Gasteiger partial charge is 0.340 e. The lowest BCUT2D eigenvalue weighted by Gasteiger charge is -2.14. The van der Waals surface area contributed by atoms with E-state index in [0.29, 0.717) is 0 Å². The van der Waals surface area contributed by atoms with Crippen molar-refractivity contribution < 1.29 is 38.9 Å². The van der Waals surface area contributed by atoms with Crippen molar-refractivity contribution in [3.63, 3.8) is 0 Å². The average Bonchev–Trinajstić information content (AvgIpc) is 2.53. The topological polar surface area (TPSA) is 139 Å². The van der Waals surface area contributed by atoms with Gasteiger partial charge in [-0.1, -0.05) is 12.1 Å². The van der Waals surface area contributed by atoms with E-state index in [9.17, 15) is 19.2 Å². The van der Waals surface area contributed by atoms with Gasteiger partial charge >= 0.3 is 17.9 Å². The zero-order valence-electron chi connectivity index (χ0n) is 14.1. The Hall–Kier alpha value is -3.10. The van der Waals surface area contributed by atoms with Gasteiger partial charge in [0.05, 0.1) is 13.2 Å². The van der Waals surface area contributed by atoms with Crippen LogP contribution in [-0.2, 0) is 23.9 Å². The van der Waals surface area contributed by atoms with Gasteiger partial charge in [-0.3, -0.25) is 4.79 Å². The van der Waals surface area contributed by atoms with Crippen molar-refractivity contribution in [1.29, 1.82) is 0 Å². The number of hydrogen-bond acceptors (Lipinski definition) is 7. The number of rotatable bonds is 6. The summed E-state index contributed by atoms with van der Waals surface area (Å²) in [6.45, 7) is 4.68. The van der Waals surface area contributed by atoms with Gasteiger partial charge < -0.3 is 25.0 Å². The van der Waals surface area contributed by atoms with E-state index in [0.717, 1.165) is 0 Å². The zero-order chi connectivity index (χ0) is 19.4. The van der Waals surface area contributed by atoms with Crippen LogP contribution >= 0.6 is 0 Å². The monoisotopic (exact) mass is 355 g/mol. The summed E-state index contributed by atoms with van der Waals surface area (Å²) < 4.78 is 9.24. The highest BCUT2D eigenvalue weighted by atomic mass is 16.6. The first-order valence-electron chi connectivity index (χ1n) is 7.36. The molecule has 0 saturated heterocycles. The van der Waals surface area contributed by atoms with E-state index in [4.69, 9.17) is 10.2 Å². The number of carbonyl (C=O) groups is 4. The molecule has 1 rings (SSSR count). The van der Waals surface area contributed by atoms with E-state index in [1.807, 2.05) is 0 Å². The molecule has 9 nitrogen and oxygen atoms in total. The minimum Gasteiger partial charge on any atom is -0.507 e. The molecule has 0 aliphatic rings. The lowest BCUT2D eigenvalue weighted by Crippen LogP contribution is -2.47. The van der Waals surface area contributed by atoms with Crippen molar-refractivity contribution in [1.82, 2.24) is 5.32 Å². The first-order valence-corrected chi connectivity index (χ1v) is 7.36. The number of amides is 1. The summed E-state index contributed by atoms with van der Waals surface area (Å²) >= 11 is 0. The highest BCUT2D eigenvalue weighted by Gasteiger charge is 2.30. The molecule has 3 N–H and O–H groups in total. The Balaban J connectivity index is 0.000000496. The number of aromatic carboxylic acids is 1. The third-order valence-electron chi connectivity index (χ3n) is 2.53. The number of nitrogens with one attached hydrogen (secondary N) is 1. The van der Waals surface area contributed by atoms with Gasteiger partial charge in [-0.15, -0.1) is 0 Å². The Morgan fingerprint density at radius 2 is 1.52 bits per heavy atom. The van der Waals surface area contributed by atoms with Crippen molar-refractivity contribution >= 4 is 23.8 Å². The van der Waals surface area contributed by atoms with Crippen LogP contribution in [0.3, 0.4) is 0 Å². The van der Waals surface area contributed by atoms with Crippen molar-refractivity contribution in [2.45, 2.75) is 26.8 Å². The molecule has 0 heterocycles. The van der Waals surface area contributed by atoms with Crippen LogP contribution in [0.1, 0.15) is 31.1 Å². The van der Waals surface area contributed by atoms with E-state index in [1.54, 1.807) is 26.0 Å². The van der Waals surface area contributed by atoms with E-state index in [2.05, 4.69) is 14.8 Å². The van der Waals surface area contributed by atoms with Gasteiger partial charge in [-0.25, -0.2) is 14.4 Å². The maximum absolute atomic E-state index is 11.3. The number of phenols is 1. The molecule has 0 atom stereocenters. The molecular weight excluding hydrogens is 334 g/mol. The average molecular weight is 355 g/mol. The Labute approximate surface area is 144 Å². The number of ether oxygens (including phenoxy) is 2. The molecule has 0 spiro atoms. The fourth-order valence-electron chi connectivity index (χ4n) is 1.52. The first-order chi connectivity index (χ1) is 11.7.